The molecule has 1 aromatic rings. The maximum atomic E-state index is 6.19. The van der Waals surface area contributed by atoms with Crippen molar-refractivity contribution in [1.82, 2.24) is 0 Å². The van der Waals surface area contributed by atoms with Crippen LogP contribution >= 0.6 is 38.9 Å². The van der Waals surface area contributed by atoms with Crippen molar-refractivity contribution in [3.05, 3.63) is 26.9 Å². The molecule has 2 atom stereocenters. The van der Waals surface area contributed by atoms with Crippen molar-refractivity contribution in [3.63, 3.8) is 0 Å². The number of rotatable bonds is 1. The normalized spacial score (nSPS) is 27.5. The average molecular weight is 292 g/mol. The molecule has 0 nitrogen and oxygen atoms in total. The molecule has 0 amide bonds. The lowest BCUT2D eigenvalue weighted by atomic mass is 9.87. The summed E-state index contributed by atoms with van der Waals surface area (Å²) in [5.41, 5.74) is 2.73. The van der Waals surface area contributed by atoms with E-state index in [9.17, 15) is 0 Å². The third kappa shape index (κ3) is 2.23. The Hall–Kier alpha value is 0.210. The molecule has 0 saturated carbocycles. The lowest BCUT2D eigenvalue weighted by Gasteiger charge is -2.22. The molecular weight excluding hydrogens is 280 g/mol. The van der Waals surface area contributed by atoms with Crippen molar-refractivity contribution in [2.24, 2.45) is 5.92 Å². The molecule has 1 aromatic heterocycles. The monoisotopic (exact) mass is 290 g/mol. The van der Waals surface area contributed by atoms with Crippen LogP contribution in [0.3, 0.4) is 0 Å². The first kappa shape index (κ1) is 10.7. The first-order chi connectivity index (χ1) is 6.66. The van der Waals surface area contributed by atoms with Gasteiger partial charge in [-0.25, -0.2) is 0 Å². The number of thiophene rings is 1. The average Bonchev–Trinajstić information content (AvgIpc) is 2.49. The molecule has 2 unspecified atom stereocenters. The summed E-state index contributed by atoms with van der Waals surface area (Å²) >= 11 is 11.5. The highest BCUT2D eigenvalue weighted by Crippen LogP contribution is 2.37. The van der Waals surface area contributed by atoms with E-state index in [1.165, 1.54) is 15.6 Å². The number of allylic oxidation sites excluding steroid dienone is 2. The van der Waals surface area contributed by atoms with Gasteiger partial charge in [-0.2, -0.15) is 11.3 Å². The Morgan fingerprint density at radius 3 is 2.86 bits per heavy atom. The minimum absolute atomic E-state index is 0.209. The lowest BCUT2D eigenvalue weighted by Crippen LogP contribution is -2.11. The summed E-state index contributed by atoms with van der Waals surface area (Å²) in [6.07, 6.45) is 4.46. The van der Waals surface area contributed by atoms with Gasteiger partial charge in [-0.15, -0.1) is 11.6 Å². The van der Waals surface area contributed by atoms with Gasteiger partial charge in [-0.3, -0.25) is 0 Å². The number of halogens is 2. The molecule has 3 heteroatoms. The largest absolute Gasteiger partial charge is 0.151 e. The molecule has 0 spiro atoms. The Morgan fingerprint density at radius 2 is 2.29 bits per heavy atom. The van der Waals surface area contributed by atoms with E-state index in [1.807, 2.05) is 0 Å². The molecule has 0 aliphatic heterocycles. The van der Waals surface area contributed by atoms with Crippen LogP contribution in [0.15, 0.2) is 21.3 Å². The molecule has 2 rings (SSSR count). The van der Waals surface area contributed by atoms with Crippen molar-refractivity contribution >= 4 is 44.4 Å². The van der Waals surface area contributed by atoms with Crippen LogP contribution in [0.1, 0.15) is 25.3 Å². The first-order valence-electron chi connectivity index (χ1n) is 4.73. The van der Waals surface area contributed by atoms with Crippen LogP contribution in [0.25, 0.3) is 5.57 Å². The number of alkyl halides is 1. The maximum absolute atomic E-state index is 6.19. The van der Waals surface area contributed by atoms with Crippen LogP contribution in [0.5, 0.6) is 0 Å². The van der Waals surface area contributed by atoms with Crippen molar-refractivity contribution in [2.45, 2.75) is 25.1 Å². The Morgan fingerprint density at radius 1 is 1.50 bits per heavy atom. The van der Waals surface area contributed by atoms with Gasteiger partial charge in [0.25, 0.3) is 0 Å². The zero-order valence-corrected chi connectivity index (χ0v) is 11.1. The van der Waals surface area contributed by atoms with E-state index in [-0.39, 0.29) is 5.38 Å². The topological polar surface area (TPSA) is 0 Å². The SMILES string of the molecule is CC1CC(c2cscc2Br)=CC(Cl)C1. The fraction of sp³-hybridized carbons (Fsp3) is 0.455. The standard InChI is InChI=1S/C11H12BrClS/c1-7-2-8(4-9(13)3-7)10-5-14-6-11(10)12/h4-7,9H,2-3H2,1H3. The molecule has 1 aliphatic carbocycles. The lowest BCUT2D eigenvalue weighted by molar-refractivity contribution is 0.540. The fourth-order valence-corrected chi connectivity index (χ4v) is 3.94. The third-order valence-corrected chi connectivity index (χ3v) is 4.55. The molecule has 14 heavy (non-hydrogen) atoms. The Bertz CT molecular complexity index is 356. The molecule has 0 saturated heterocycles. The summed E-state index contributed by atoms with van der Waals surface area (Å²) < 4.78 is 1.20. The maximum Gasteiger partial charge on any atom is 0.0524 e. The van der Waals surface area contributed by atoms with Gasteiger partial charge in [0.05, 0.1) is 5.38 Å². The molecule has 0 fully saturated rings. The van der Waals surface area contributed by atoms with Gasteiger partial charge in [0.1, 0.15) is 0 Å². The Labute approximate surface area is 102 Å². The second-order valence-electron chi connectivity index (χ2n) is 3.89. The van der Waals surface area contributed by atoms with Crippen molar-refractivity contribution < 1.29 is 0 Å². The van der Waals surface area contributed by atoms with Crippen LogP contribution < -0.4 is 0 Å². The Kier molecular flexibility index (Phi) is 3.35. The second kappa shape index (κ2) is 4.38. The number of hydrogen-bond acceptors (Lipinski definition) is 1. The quantitative estimate of drug-likeness (QED) is 0.644. The summed E-state index contributed by atoms with van der Waals surface area (Å²) in [6.45, 7) is 2.27. The van der Waals surface area contributed by atoms with Gasteiger partial charge in [0, 0.05) is 15.4 Å². The minimum Gasteiger partial charge on any atom is -0.151 e. The zero-order chi connectivity index (χ0) is 10.1. The van der Waals surface area contributed by atoms with Crippen LogP contribution in [0.2, 0.25) is 0 Å². The summed E-state index contributed by atoms with van der Waals surface area (Å²) in [6, 6.07) is 0. The van der Waals surface area contributed by atoms with E-state index >= 15 is 0 Å². The first-order valence-corrected chi connectivity index (χ1v) is 6.91. The molecule has 76 valence electrons. The molecule has 0 radical (unpaired) electrons. The van der Waals surface area contributed by atoms with E-state index in [4.69, 9.17) is 11.6 Å². The van der Waals surface area contributed by atoms with E-state index in [1.54, 1.807) is 11.3 Å². The van der Waals surface area contributed by atoms with E-state index in [0.29, 0.717) is 5.92 Å². The number of hydrogen-bond donors (Lipinski definition) is 0. The van der Waals surface area contributed by atoms with Crippen LogP contribution in [-0.4, -0.2) is 5.38 Å². The molecule has 0 aromatic carbocycles. The van der Waals surface area contributed by atoms with Gasteiger partial charge >= 0.3 is 0 Å². The third-order valence-electron chi connectivity index (χ3n) is 2.54. The molecule has 0 N–H and O–H groups in total. The van der Waals surface area contributed by atoms with Crippen LogP contribution in [-0.2, 0) is 0 Å². The summed E-state index contributed by atoms with van der Waals surface area (Å²) in [5, 5.41) is 4.52. The minimum atomic E-state index is 0.209. The smallest absolute Gasteiger partial charge is 0.0524 e. The molecule has 1 heterocycles. The van der Waals surface area contributed by atoms with Crippen molar-refractivity contribution in [3.8, 4) is 0 Å². The summed E-state index contributed by atoms with van der Waals surface area (Å²) in [5.74, 6) is 0.698. The van der Waals surface area contributed by atoms with Crippen LogP contribution in [0.4, 0.5) is 0 Å². The van der Waals surface area contributed by atoms with E-state index < -0.39 is 0 Å². The van der Waals surface area contributed by atoms with Crippen molar-refractivity contribution in [2.75, 3.05) is 0 Å². The summed E-state index contributed by atoms with van der Waals surface area (Å²) in [7, 11) is 0. The van der Waals surface area contributed by atoms with Gasteiger partial charge in [0.15, 0.2) is 0 Å². The molecular formula is C11H12BrClS. The highest BCUT2D eigenvalue weighted by atomic mass is 79.9. The van der Waals surface area contributed by atoms with Gasteiger partial charge in [-0.1, -0.05) is 13.0 Å². The highest BCUT2D eigenvalue weighted by Gasteiger charge is 2.19. The van der Waals surface area contributed by atoms with E-state index in [0.717, 1.165) is 12.8 Å². The second-order valence-corrected chi connectivity index (χ2v) is 6.04. The van der Waals surface area contributed by atoms with Gasteiger partial charge in [-0.05, 0) is 45.6 Å². The Balaban J connectivity index is 2.30. The predicted octanol–water partition coefficient (Wildman–Crippen LogP) is 4.93. The fourth-order valence-electron chi connectivity index (χ4n) is 1.91. The highest BCUT2D eigenvalue weighted by molar-refractivity contribution is 9.10. The van der Waals surface area contributed by atoms with Crippen molar-refractivity contribution in [1.29, 1.82) is 0 Å². The zero-order valence-electron chi connectivity index (χ0n) is 7.97. The summed E-state index contributed by atoms with van der Waals surface area (Å²) in [4.78, 5) is 0. The predicted molar refractivity (Wildman–Crippen MR) is 68.0 cm³/mol. The van der Waals surface area contributed by atoms with Gasteiger partial charge in [0.2, 0.25) is 0 Å². The van der Waals surface area contributed by atoms with E-state index in [2.05, 4.69) is 39.7 Å². The van der Waals surface area contributed by atoms with Gasteiger partial charge < -0.3 is 0 Å². The molecule has 1 aliphatic rings. The molecule has 0 bridgehead atoms. The van der Waals surface area contributed by atoms with Crippen LogP contribution in [0, 0.1) is 5.92 Å².